The lowest BCUT2D eigenvalue weighted by atomic mass is 9.76. The Balaban J connectivity index is 1.31. The van der Waals surface area contributed by atoms with Crippen LogP contribution in [0.4, 0.5) is 0 Å². The molecule has 2 atom stereocenters. The van der Waals surface area contributed by atoms with E-state index in [-0.39, 0.29) is 11.3 Å². The Hall–Kier alpha value is -2.14. The first-order valence-corrected chi connectivity index (χ1v) is 11.2. The highest BCUT2D eigenvalue weighted by Gasteiger charge is 2.53. The zero-order valence-electron chi connectivity index (χ0n) is 17.3. The Bertz CT molecular complexity index is 860. The van der Waals surface area contributed by atoms with Crippen LogP contribution in [0, 0.1) is 11.3 Å². The second-order valence-electron chi connectivity index (χ2n) is 9.36. The zero-order chi connectivity index (χ0) is 19.8. The molecule has 1 aliphatic carbocycles. The van der Waals surface area contributed by atoms with Gasteiger partial charge in [0.15, 0.2) is 0 Å². The Morgan fingerprint density at radius 3 is 2.79 bits per heavy atom. The maximum absolute atomic E-state index is 13.1. The van der Waals surface area contributed by atoms with Gasteiger partial charge in [0.25, 0.3) is 5.91 Å². The Labute approximate surface area is 173 Å². The topological polar surface area (TPSA) is 49.6 Å². The molecule has 3 fully saturated rings. The summed E-state index contributed by atoms with van der Waals surface area (Å²) in [4.78, 5) is 17.8. The van der Waals surface area contributed by atoms with E-state index in [0.29, 0.717) is 17.6 Å². The van der Waals surface area contributed by atoms with Crippen LogP contribution in [0.3, 0.4) is 0 Å². The van der Waals surface area contributed by atoms with Crippen LogP contribution in [0.1, 0.15) is 60.3 Å². The SMILES string of the molecule is CCCN1CC2CN(C(=O)c3cc(C4CC4)no3)CC2(CCc2ccccc2)C1. The number of likely N-dealkylation sites (tertiary alicyclic amines) is 2. The molecule has 1 saturated carbocycles. The average Bonchev–Trinajstić information content (AvgIpc) is 3.21. The molecule has 3 heterocycles. The molecule has 154 valence electrons. The lowest BCUT2D eigenvalue weighted by Gasteiger charge is -2.29. The van der Waals surface area contributed by atoms with Gasteiger partial charge in [0.1, 0.15) is 0 Å². The molecule has 5 rings (SSSR count). The summed E-state index contributed by atoms with van der Waals surface area (Å²) in [6, 6.07) is 12.6. The number of aromatic nitrogens is 1. The van der Waals surface area contributed by atoms with Crippen LogP contribution in [-0.4, -0.2) is 53.6 Å². The van der Waals surface area contributed by atoms with Gasteiger partial charge < -0.3 is 14.3 Å². The fraction of sp³-hybridized carbons (Fsp3) is 0.583. The number of amides is 1. The van der Waals surface area contributed by atoms with E-state index < -0.39 is 0 Å². The lowest BCUT2D eigenvalue weighted by Crippen LogP contribution is -2.37. The molecule has 1 aromatic carbocycles. The standard InChI is InChI=1S/C24H31N3O2/c1-2-12-26-14-20-15-27(23(28)22-13-21(25-29-22)19-8-9-19)17-24(20,16-26)11-10-18-6-4-3-5-7-18/h3-7,13,19-20H,2,8-12,14-17H2,1H3. The molecule has 2 saturated heterocycles. The van der Waals surface area contributed by atoms with Crippen molar-refractivity contribution in [3.8, 4) is 0 Å². The summed E-state index contributed by atoms with van der Waals surface area (Å²) in [5, 5.41) is 4.14. The largest absolute Gasteiger partial charge is 0.351 e. The van der Waals surface area contributed by atoms with Gasteiger partial charge in [-0.1, -0.05) is 42.4 Å². The van der Waals surface area contributed by atoms with Crippen LogP contribution >= 0.6 is 0 Å². The molecule has 29 heavy (non-hydrogen) atoms. The van der Waals surface area contributed by atoms with E-state index >= 15 is 0 Å². The summed E-state index contributed by atoms with van der Waals surface area (Å²) in [5.74, 6) is 1.51. The average molecular weight is 394 g/mol. The van der Waals surface area contributed by atoms with E-state index in [1.807, 2.05) is 11.0 Å². The smallest absolute Gasteiger partial charge is 0.292 e. The molecule has 5 nitrogen and oxygen atoms in total. The summed E-state index contributed by atoms with van der Waals surface area (Å²) >= 11 is 0. The van der Waals surface area contributed by atoms with E-state index in [1.54, 1.807) is 0 Å². The van der Waals surface area contributed by atoms with Crippen molar-refractivity contribution in [1.29, 1.82) is 0 Å². The van der Waals surface area contributed by atoms with Gasteiger partial charge in [0.2, 0.25) is 5.76 Å². The van der Waals surface area contributed by atoms with E-state index in [1.165, 1.54) is 24.8 Å². The maximum Gasteiger partial charge on any atom is 0.292 e. The van der Waals surface area contributed by atoms with Gasteiger partial charge in [-0.3, -0.25) is 4.79 Å². The minimum absolute atomic E-state index is 0.0277. The molecule has 2 aromatic rings. The van der Waals surface area contributed by atoms with Crippen LogP contribution in [0.2, 0.25) is 0 Å². The second kappa shape index (κ2) is 7.60. The van der Waals surface area contributed by atoms with Crippen LogP contribution in [0.25, 0.3) is 0 Å². The van der Waals surface area contributed by atoms with Gasteiger partial charge >= 0.3 is 0 Å². The van der Waals surface area contributed by atoms with Crippen LogP contribution in [0.5, 0.6) is 0 Å². The Morgan fingerprint density at radius 2 is 2.03 bits per heavy atom. The van der Waals surface area contributed by atoms with Crippen molar-refractivity contribution in [2.45, 2.75) is 44.9 Å². The molecule has 1 amide bonds. The first-order valence-electron chi connectivity index (χ1n) is 11.2. The third kappa shape index (κ3) is 3.73. The van der Waals surface area contributed by atoms with E-state index in [9.17, 15) is 4.79 Å². The van der Waals surface area contributed by atoms with Gasteiger partial charge in [0.05, 0.1) is 5.69 Å². The first kappa shape index (κ1) is 18.9. The molecule has 0 bridgehead atoms. The predicted molar refractivity (Wildman–Crippen MR) is 112 cm³/mol. The maximum atomic E-state index is 13.1. The second-order valence-corrected chi connectivity index (χ2v) is 9.36. The first-order chi connectivity index (χ1) is 14.2. The number of benzene rings is 1. The highest BCUT2D eigenvalue weighted by atomic mass is 16.5. The van der Waals surface area contributed by atoms with Gasteiger partial charge in [0, 0.05) is 43.6 Å². The van der Waals surface area contributed by atoms with Gasteiger partial charge in [-0.05, 0) is 50.1 Å². The number of hydrogen-bond acceptors (Lipinski definition) is 4. The number of aryl methyl sites for hydroxylation is 1. The van der Waals surface area contributed by atoms with Crippen molar-refractivity contribution in [1.82, 2.24) is 15.0 Å². The quantitative estimate of drug-likeness (QED) is 0.714. The number of rotatable bonds is 7. The fourth-order valence-corrected chi connectivity index (χ4v) is 5.44. The molecule has 3 aliphatic rings. The van der Waals surface area contributed by atoms with Gasteiger partial charge in [-0.25, -0.2) is 0 Å². The zero-order valence-corrected chi connectivity index (χ0v) is 17.3. The Morgan fingerprint density at radius 1 is 1.21 bits per heavy atom. The number of fused-ring (bicyclic) bond motifs is 1. The number of nitrogens with zero attached hydrogens (tertiary/aromatic N) is 3. The van der Waals surface area contributed by atoms with E-state index in [2.05, 4.69) is 47.3 Å². The third-order valence-electron chi connectivity index (χ3n) is 7.15. The highest BCUT2D eigenvalue weighted by molar-refractivity contribution is 5.91. The Kier molecular flexibility index (Phi) is 4.94. The summed E-state index contributed by atoms with van der Waals surface area (Å²) in [5.41, 5.74) is 2.55. The van der Waals surface area contributed by atoms with Crippen molar-refractivity contribution >= 4 is 5.91 Å². The van der Waals surface area contributed by atoms with Crippen molar-refractivity contribution in [3.05, 3.63) is 53.4 Å². The summed E-state index contributed by atoms with van der Waals surface area (Å²) in [7, 11) is 0. The monoisotopic (exact) mass is 393 g/mol. The minimum Gasteiger partial charge on any atom is -0.351 e. The van der Waals surface area contributed by atoms with E-state index in [4.69, 9.17) is 4.52 Å². The molecule has 0 spiro atoms. The van der Waals surface area contributed by atoms with Crippen molar-refractivity contribution in [2.24, 2.45) is 11.3 Å². The number of carbonyl (C=O) groups excluding carboxylic acids is 1. The highest BCUT2D eigenvalue weighted by Crippen LogP contribution is 2.46. The summed E-state index contributed by atoms with van der Waals surface area (Å²) in [6.07, 6.45) is 5.73. The predicted octanol–water partition coefficient (Wildman–Crippen LogP) is 3.97. The summed E-state index contributed by atoms with van der Waals surface area (Å²) < 4.78 is 5.43. The minimum atomic E-state index is 0.0277. The lowest BCUT2D eigenvalue weighted by molar-refractivity contribution is 0.0715. The molecule has 5 heteroatoms. The molecule has 0 N–H and O–H groups in total. The van der Waals surface area contributed by atoms with Crippen LogP contribution in [0.15, 0.2) is 40.9 Å². The molecule has 2 aliphatic heterocycles. The summed E-state index contributed by atoms with van der Waals surface area (Å²) in [6.45, 7) is 7.30. The van der Waals surface area contributed by atoms with Crippen molar-refractivity contribution in [2.75, 3.05) is 32.7 Å². The van der Waals surface area contributed by atoms with Gasteiger partial charge in [-0.15, -0.1) is 0 Å². The fourth-order valence-electron chi connectivity index (χ4n) is 5.44. The molecular formula is C24H31N3O2. The molecule has 2 unspecified atom stereocenters. The van der Waals surface area contributed by atoms with Crippen molar-refractivity contribution < 1.29 is 9.32 Å². The van der Waals surface area contributed by atoms with Crippen LogP contribution < -0.4 is 0 Å². The number of carbonyl (C=O) groups is 1. The molecule has 0 radical (unpaired) electrons. The van der Waals surface area contributed by atoms with Crippen LogP contribution in [-0.2, 0) is 6.42 Å². The van der Waals surface area contributed by atoms with E-state index in [0.717, 1.165) is 51.3 Å². The van der Waals surface area contributed by atoms with Crippen molar-refractivity contribution in [3.63, 3.8) is 0 Å². The normalized spacial score (nSPS) is 26.8. The third-order valence-corrected chi connectivity index (χ3v) is 7.15. The molecule has 1 aromatic heterocycles. The molecular weight excluding hydrogens is 362 g/mol. The van der Waals surface area contributed by atoms with Gasteiger partial charge in [-0.2, -0.15) is 0 Å². The number of hydrogen-bond donors (Lipinski definition) is 0.